The molecule has 1 heterocycles. The molecule has 0 aliphatic heterocycles. The van der Waals surface area contributed by atoms with E-state index >= 15 is 0 Å². The van der Waals surface area contributed by atoms with E-state index in [1.165, 1.54) is 0 Å². The minimum atomic E-state index is 0.611. The van der Waals surface area contributed by atoms with Gasteiger partial charge in [0.2, 0.25) is 0 Å². The fourth-order valence-electron chi connectivity index (χ4n) is 1.64. The SMILES string of the molecule is CCCc1cc(Nc2cc(N)ccc2Cl)ncn1. The summed E-state index contributed by atoms with van der Waals surface area (Å²) >= 11 is 6.09. The van der Waals surface area contributed by atoms with Gasteiger partial charge in [0, 0.05) is 17.4 Å². The normalized spacial score (nSPS) is 10.3. The first-order valence-electron chi connectivity index (χ1n) is 5.82. The summed E-state index contributed by atoms with van der Waals surface area (Å²) in [4.78, 5) is 8.37. The Balaban J connectivity index is 2.22. The second-order valence-electron chi connectivity index (χ2n) is 4.01. The largest absolute Gasteiger partial charge is 0.399 e. The van der Waals surface area contributed by atoms with E-state index in [9.17, 15) is 0 Å². The van der Waals surface area contributed by atoms with Crippen LogP contribution in [0, 0.1) is 0 Å². The molecule has 1 aromatic carbocycles. The standard InChI is InChI=1S/C13H15ClN4/c1-2-3-10-7-13(17-8-16-10)18-12-6-9(15)4-5-11(12)14/h4-8H,2-3,15H2,1H3,(H,16,17,18). The van der Waals surface area contributed by atoms with Crippen LogP contribution in [0.25, 0.3) is 0 Å². The first-order chi connectivity index (χ1) is 8.69. The third kappa shape index (κ3) is 3.11. The number of nitrogens with two attached hydrogens (primary N) is 1. The summed E-state index contributed by atoms with van der Waals surface area (Å²) in [5.41, 5.74) is 8.14. The Labute approximate surface area is 111 Å². The van der Waals surface area contributed by atoms with Crippen LogP contribution in [0.2, 0.25) is 5.02 Å². The van der Waals surface area contributed by atoms with Crippen LogP contribution in [0.5, 0.6) is 0 Å². The number of nitrogens with one attached hydrogen (secondary N) is 1. The highest BCUT2D eigenvalue weighted by Gasteiger charge is 2.03. The van der Waals surface area contributed by atoms with E-state index in [4.69, 9.17) is 17.3 Å². The minimum absolute atomic E-state index is 0.611. The number of hydrogen-bond acceptors (Lipinski definition) is 4. The van der Waals surface area contributed by atoms with Crippen molar-refractivity contribution in [2.45, 2.75) is 19.8 Å². The number of benzene rings is 1. The van der Waals surface area contributed by atoms with Crippen LogP contribution >= 0.6 is 11.6 Å². The highest BCUT2D eigenvalue weighted by molar-refractivity contribution is 6.33. The van der Waals surface area contributed by atoms with E-state index in [1.807, 2.05) is 6.07 Å². The third-order valence-electron chi connectivity index (χ3n) is 2.48. The lowest BCUT2D eigenvalue weighted by atomic mass is 10.2. The lowest BCUT2D eigenvalue weighted by Crippen LogP contribution is -1.98. The van der Waals surface area contributed by atoms with E-state index in [2.05, 4.69) is 22.2 Å². The Morgan fingerprint density at radius 2 is 2.11 bits per heavy atom. The molecule has 0 amide bonds. The van der Waals surface area contributed by atoms with Crippen LogP contribution in [0.3, 0.4) is 0 Å². The van der Waals surface area contributed by atoms with Gasteiger partial charge in [-0.25, -0.2) is 9.97 Å². The molecule has 94 valence electrons. The molecule has 18 heavy (non-hydrogen) atoms. The fourth-order valence-corrected chi connectivity index (χ4v) is 1.80. The molecular weight excluding hydrogens is 248 g/mol. The molecule has 0 unspecified atom stereocenters. The van der Waals surface area contributed by atoms with Crippen LogP contribution in [-0.2, 0) is 6.42 Å². The van der Waals surface area contributed by atoms with E-state index in [1.54, 1.807) is 24.5 Å². The molecule has 0 radical (unpaired) electrons. The lowest BCUT2D eigenvalue weighted by molar-refractivity contribution is 0.873. The van der Waals surface area contributed by atoms with Crippen molar-refractivity contribution >= 4 is 28.8 Å². The van der Waals surface area contributed by atoms with Gasteiger partial charge in [-0.3, -0.25) is 0 Å². The quantitative estimate of drug-likeness (QED) is 0.829. The number of nitrogens with zero attached hydrogens (tertiary/aromatic N) is 2. The zero-order valence-corrected chi connectivity index (χ0v) is 10.9. The number of rotatable bonds is 4. The monoisotopic (exact) mass is 262 g/mol. The van der Waals surface area contributed by atoms with Crippen LogP contribution < -0.4 is 11.1 Å². The molecule has 0 bridgehead atoms. The van der Waals surface area contributed by atoms with Gasteiger partial charge in [-0.05, 0) is 24.6 Å². The molecule has 0 aliphatic carbocycles. The van der Waals surface area contributed by atoms with Crippen molar-refractivity contribution in [3.63, 3.8) is 0 Å². The highest BCUT2D eigenvalue weighted by Crippen LogP contribution is 2.26. The average molecular weight is 263 g/mol. The van der Waals surface area contributed by atoms with Gasteiger partial charge in [0.1, 0.15) is 12.1 Å². The number of nitrogen functional groups attached to an aromatic ring is 1. The number of aromatic nitrogens is 2. The molecule has 0 fully saturated rings. The minimum Gasteiger partial charge on any atom is -0.399 e. The van der Waals surface area contributed by atoms with Gasteiger partial charge in [0.15, 0.2) is 0 Å². The molecule has 3 N–H and O–H groups in total. The predicted molar refractivity (Wildman–Crippen MR) is 75.2 cm³/mol. The zero-order valence-electron chi connectivity index (χ0n) is 10.2. The Hall–Kier alpha value is -1.81. The molecule has 5 heteroatoms. The topological polar surface area (TPSA) is 63.8 Å². The number of anilines is 3. The Bertz CT molecular complexity index is 542. The Kier molecular flexibility index (Phi) is 3.99. The highest BCUT2D eigenvalue weighted by atomic mass is 35.5. The maximum Gasteiger partial charge on any atom is 0.134 e. The summed E-state index contributed by atoms with van der Waals surface area (Å²) in [6, 6.07) is 7.22. The first-order valence-corrected chi connectivity index (χ1v) is 6.20. The van der Waals surface area contributed by atoms with Gasteiger partial charge < -0.3 is 11.1 Å². The molecule has 0 saturated heterocycles. The van der Waals surface area contributed by atoms with Crippen molar-refractivity contribution in [3.05, 3.63) is 41.3 Å². The van der Waals surface area contributed by atoms with Crippen LogP contribution in [-0.4, -0.2) is 9.97 Å². The van der Waals surface area contributed by atoms with Gasteiger partial charge in [0.05, 0.1) is 10.7 Å². The van der Waals surface area contributed by atoms with E-state index in [0.717, 1.165) is 30.0 Å². The number of hydrogen-bond donors (Lipinski definition) is 2. The molecule has 0 saturated carbocycles. The molecule has 0 aliphatic rings. The van der Waals surface area contributed by atoms with E-state index in [0.29, 0.717) is 10.7 Å². The summed E-state index contributed by atoms with van der Waals surface area (Å²) in [7, 11) is 0. The zero-order chi connectivity index (χ0) is 13.0. The van der Waals surface area contributed by atoms with Gasteiger partial charge in [-0.2, -0.15) is 0 Å². The maximum absolute atomic E-state index is 6.09. The van der Waals surface area contributed by atoms with E-state index < -0.39 is 0 Å². The summed E-state index contributed by atoms with van der Waals surface area (Å²) in [5.74, 6) is 0.723. The van der Waals surface area contributed by atoms with Crippen molar-refractivity contribution in [2.24, 2.45) is 0 Å². The van der Waals surface area contributed by atoms with Crippen molar-refractivity contribution in [1.29, 1.82) is 0 Å². The third-order valence-corrected chi connectivity index (χ3v) is 2.81. The van der Waals surface area contributed by atoms with Crippen molar-refractivity contribution < 1.29 is 0 Å². The lowest BCUT2D eigenvalue weighted by Gasteiger charge is -2.09. The van der Waals surface area contributed by atoms with Crippen molar-refractivity contribution in [2.75, 3.05) is 11.1 Å². The first kappa shape index (κ1) is 12.6. The smallest absolute Gasteiger partial charge is 0.134 e. The van der Waals surface area contributed by atoms with Crippen LogP contribution in [0.1, 0.15) is 19.0 Å². The van der Waals surface area contributed by atoms with Gasteiger partial charge in [-0.15, -0.1) is 0 Å². The average Bonchev–Trinajstić information content (AvgIpc) is 2.35. The Morgan fingerprint density at radius 3 is 2.89 bits per heavy atom. The number of halogens is 1. The Morgan fingerprint density at radius 1 is 1.28 bits per heavy atom. The molecular formula is C13H15ClN4. The summed E-state index contributed by atoms with van der Waals surface area (Å²) in [6.07, 6.45) is 3.53. The van der Waals surface area contributed by atoms with Crippen LogP contribution in [0.4, 0.5) is 17.2 Å². The van der Waals surface area contributed by atoms with Gasteiger partial charge in [-0.1, -0.05) is 24.9 Å². The fraction of sp³-hybridized carbons (Fsp3) is 0.231. The van der Waals surface area contributed by atoms with Gasteiger partial charge >= 0.3 is 0 Å². The van der Waals surface area contributed by atoms with Crippen molar-refractivity contribution in [3.8, 4) is 0 Å². The number of aryl methyl sites for hydroxylation is 1. The molecule has 4 nitrogen and oxygen atoms in total. The second-order valence-corrected chi connectivity index (χ2v) is 4.42. The second kappa shape index (κ2) is 5.69. The predicted octanol–water partition coefficient (Wildman–Crippen LogP) is 3.41. The van der Waals surface area contributed by atoms with Crippen LogP contribution in [0.15, 0.2) is 30.6 Å². The molecule has 0 spiro atoms. The molecule has 2 rings (SSSR count). The van der Waals surface area contributed by atoms with Crippen molar-refractivity contribution in [1.82, 2.24) is 9.97 Å². The summed E-state index contributed by atoms with van der Waals surface area (Å²) < 4.78 is 0. The van der Waals surface area contributed by atoms with Gasteiger partial charge in [0.25, 0.3) is 0 Å². The van der Waals surface area contributed by atoms with E-state index in [-0.39, 0.29) is 0 Å². The molecule has 2 aromatic rings. The summed E-state index contributed by atoms with van der Waals surface area (Å²) in [6.45, 7) is 2.12. The molecule has 0 atom stereocenters. The summed E-state index contributed by atoms with van der Waals surface area (Å²) in [5, 5.41) is 3.76. The maximum atomic E-state index is 6.09. The molecule has 1 aromatic heterocycles.